The Labute approximate surface area is 168 Å². The highest BCUT2D eigenvalue weighted by Gasteiger charge is 2.66. The molecule has 3 aliphatic carbocycles. The fourth-order valence-electron chi connectivity index (χ4n) is 6.65. The number of amides is 1. The molecular weight excluding hydrogens is 352 g/mol. The van der Waals surface area contributed by atoms with Gasteiger partial charge >= 0.3 is 0 Å². The van der Waals surface area contributed by atoms with Crippen LogP contribution in [0.5, 0.6) is 0 Å². The first-order chi connectivity index (χ1) is 13.7. The van der Waals surface area contributed by atoms with Crippen molar-refractivity contribution in [1.82, 2.24) is 15.5 Å². The van der Waals surface area contributed by atoms with Crippen LogP contribution in [0.25, 0.3) is 0 Å². The third-order valence-corrected chi connectivity index (χ3v) is 8.35. The zero-order valence-electron chi connectivity index (χ0n) is 17.3. The molecule has 2 N–H and O–H groups in total. The van der Waals surface area contributed by atoms with Gasteiger partial charge in [-0.15, -0.1) is 0 Å². The minimum absolute atomic E-state index is 0.276. The highest BCUT2D eigenvalue weighted by molar-refractivity contribution is 5.82. The molecule has 2 aliphatic heterocycles. The lowest BCUT2D eigenvalue weighted by molar-refractivity contribution is -0.171. The van der Waals surface area contributed by atoms with Crippen molar-refractivity contribution in [1.29, 1.82) is 0 Å². The average molecular weight is 389 g/mol. The van der Waals surface area contributed by atoms with E-state index in [0.29, 0.717) is 35.4 Å². The molecule has 0 aromatic heterocycles. The summed E-state index contributed by atoms with van der Waals surface area (Å²) < 4.78 is 6.04. The number of rotatable bonds is 3. The molecule has 4 atom stereocenters. The fraction of sp³-hybridized carbons (Fsp3) is 0.909. The van der Waals surface area contributed by atoms with Crippen LogP contribution in [0.4, 0.5) is 0 Å². The molecule has 156 valence electrons. The van der Waals surface area contributed by atoms with Crippen LogP contribution in [0.1, 0.15) is 64.2 Å². The standard InChI is InChI=1S/C22H36N4O2/c1-23-21(25-18-17-9-13-28-19(17)22(18)10-5-11-22)24-16-8-12-26(14-16)20(27)15-6-3-2-4-7-15/h15-19H,2-14H2,1H3,(H2,23,24,25). The molecule has 2 heterocycles. The topological polar surface area (TPSA) is 66.0 Å². The maximum absolute atomic E-state index is 12.8. The van der Waals surface area contributed by atoms with Crippen LogP contribution in [0.2, 0.25) is 0 Å². The summed E-state index contributed by atoms with van der Waals surface area (Å²) in [6.07, 6.45) is 12.5. The van der Waals surface area contributed by atoms with Gasteiger partial charge in [-0.1, -0.05) is 25.7 Å². The quantitative estimate of drug-likeness (QED) is 0.575. The monoisotopic (exact) mass is 388 g/mol. The number of likely N-dealkylation sites (tertiary alicyclic amines) is 1. The molecular formula is C22H36N4O2. The third kappa shape index (κ3) is 3.03. The van der Waals surface area contributed by atoms with E-state index in [1.165, 1.54) is 44.9 Å². The van der Waals surface area contributed by atoms with Crippen LogP contribution in [0.15, 0.2) is 4.99 Å². The van der Waals surface area contributed by atoms with Crippen LogP contribution >= 0.6 is 0 Å². The number of aliphatic imine (C=N–C) groups is 1. The molecule has 6 nitrogen and oxygen atoms in total. The van der Waals surface area contributed by atoms with Gasteiger partial charge < -0.3 is 20.3 Å². The maximum atomic E-state index is 12.8. The van der Waals surface area contributed by atoms with Crippen molar-refractivity contribution in [2.75, 3.05) is 26.7 Å². The van der Waals surface area contributed by atoms with Gasteiger partial charge in [0.05, 0.1) is 6.10 Å². The Morgan fingerprint density at radius 3 is 2.61 bits per heavy atom. The first-order valence-electron chi connectivity index (χ1n) is 11.6. The molecule has 2 saturated heterocycles. The molecule has 4 unspecified atom stereocenters. The Morgan fingerprint density at radius 1 is 1.07 bits per heavy atom. The number of nitrogens with one attached hydrogen (secondary N) is 2. The molecule has 5 aliphatic rings. The number of carbonyl (C=O) groups is 1. The minimum Gasteiger partial charge on any atom is -0.377 e. The van der Waals surface area contributed by atoms with E-state index in [9.17, 15) is 4.79 Å². The van der Waals surface area contributed by atoms with Crippen LogP contribution < -0.4 is 10.6 Å². The van der Waals surface area contributed by atoms with Crippen molar-refractivity contribution in [3.8, 4) is 0 Å². The largest absolute Gasteiger partial charge is 0.377 e. The minimum atomic E-state index is 0.276. The normalized spacial score (nSPS) is 37.3. The molecule has 1 spiro atoms. The Morgan fingerprint density at radius 2 is 1.89 bits per heavy atom. The van der Waals surface area contributed by atoms with Crippen LogP contribution in [-0.4, -0.2) is 61.7 Å². The van der Waals surface area contributed by atoms with Crippen molar-refractivity contribution < 1.29 is 9.53 Å². The lowest BCUT2D eigenvalue weighted by atomic mass is 9.46. The number of guanidine groups is 1. The Hall–Kier alpha value is -1.30. The smallest absolute Gasteiger partial charge is 0.225 e. The van der Waals surface area contributed by atoms with Crippen molar-refractivity contribution >= 4 is 11.9 Å². The van der Waals surface area contributed by atoms with Crippen molar-refractivity contribution in [3.63, 3.8) is 0 Å². The van der Waals surface area contributed by atoms with Crippen LogP contribution in [-0.2, 0) is 9.53 Å². The fourth-order valence-corrected chi connectivity index (χ4v) is 6.65. The molecule has 6 heteroatoms. The summed E-state index contributed by atoms with van der Waals surface area (Å²) in [6, 6.07) is 0.813. The van der Waals surface area contributed by atoms with E-state index in [0.717, 1.165) is 44.9 Å². The average Bonchev–Trinajstić information content (AvgIpc) is 3.32. The number of fused-ring (bicyclic) bond motifs is 2. The third-order valence-electron chi connectivity index (χ3n) is 8.35. The van der Waals surface area contributed by atoms with Gasteiger partial charge in [0.25, 0.3) is 0 Å². The number of carbonyl (C=O) groups excluding carboxylic acids is 1. The Kier molecular flexibility index (Phi) is 5.02. The van der Waals surface area contributed by atoms with Gasteiger partial charge in [-0.2, -0.15) is 0 Å². The number of hydrogen-bond donors (Lipinski definition) is 2. The second-order valence-corrected chi connectivity index (χ2v) is 9.77. The molecule has 1 amide bonds. The van der Waals surface area contributed by atoms with E-state index in [1.54, 1.807) is 0 Å². The second-order valence-electron chi connectivity index (χ2n) is 9.77. The molecule has 5 rings (SSSR count). The van der Waals surface area contributed by atoms with E-state index in [-0.39, 0.29) is 5.92 Å². The zero-order chi connectivity index (χ0) is 19.1. The van der Waals surface area contributed by atoms with Gasteiger partial charge in [0.15, 0.2) is 5.96 Å². The lowest BCUT2D eigenvalue weighted by Crippen LogP contribution is -2.72. The summed E-state index contributed by atoms with van der Waals surface area (Å²) in [5.74, 6) is 2.23. The highest BCUT2D eigenvalue weighted by atomic mass is 16.5. The number of hydrogen-bond acceptors (Lipinski definition) is 3. The van der Waals surface area contributed by atoms with Gasteiger partial charge in [-0.25, -0.2) is 0 Å². The van der Waals surface area contributed by atoms with E-state index >= 15 is 0 Å². The molecule has 28 heavy (non-hydrogen) atoms. The first-order valence-corrected chi connectivity index (χ1v) is 11.6. The van der Waals surface area contributed by atoms with Crippen molar-refractivity contribution in [2.24, 2.45) is 22.2 Å². The summed E-state index contributed by atoms with van der Waals surface area (Å²) in [5.41, 5.74) is 0.359. The summed E-state index contributed by atoms with van der Waals surface area (Å²) >= 11 is 0. The molecule has 0 radical (unpaired) electrons. The molecule has 0 bridgehead atoms. The van der Waals surface area contributed by atoms with Crippen molar-refractivity contribution in [3.05, 3.63) is 0 Å². The van der Waals surface area contributed by atoms with E-state index in [2.05, 4.69) is 20.5 Å². The first kappa shape index (κ1) is 18.7. The number of ether oxygens (including phenoxy) is 1. The number of nitrogens with zero attached hydrogens (tertiary/aromatic N) is 2. The van der Waals surface area contributed by atoms with Gasteiger partial charge in [0.1, 0.15) is 0 Å². The summed E-state index contributed by atoms with van der Waals surface area (Å²) in [5, 5.41) is 7.38. The summed E-state index contributed by atoms with van der Waals surface area (Å²) in [6.45, 7) is 2.62. The predicted octanol–water partition coefficient (Wildman–Crippen LogP) is 2.29. The molecule has 0 aromatic carbocycles. The van der Waals surface area contributed by atoms with E-state index in [1.807, 2.05) is 7.05 Å². The highest BCUT2D eigenvalue weighted by Crippen LogP contribution is 2.62. The lowest BCUT2D eigenvalue weighted by Gasteiger charge is -2.63. The van der Waals surface area contributed by atoms with Gasteiger partial charge in [0, 0.05) is 56.1 Å². The zero-order valence-corrected chi connectivity index (χ0v) is 17.3. The molecule has 3 saturated carbocycles. The predicted molar refractivity (Wildman–Crippen MR) is 109 cm³/mol. The van der Waals surface area contributed by atoms with E-state index in [4.69, 9.17) is 4.74 Å². The molecule has 5 fully saturated rings. The molecule has 0 aromatic rings. The SMILES string of the molecule is CN=C(NC1CCN(C(=O)C2CCCCC2)C1)NC1C2CCOC2C12CCC2. The van der Waals surface area contributed by atoms with Gasteiger partial charge in [0.2, 0.25) is 5.91 Å². The Bertz CT molecular complexity index is 626. The van der Waals surface area contributed by atoms with Crippen LogP contribution in [0, 0.1) is 17.3 Å². The summed E-state index contributed by atoms with van der Waals surface area (Å²) in [7, 11) is 1.87. The van der Waals surface area contributed by atoms with Crippen LogP contribution in [0.3, 0.4) is 0 Å². The van der Waals surface area contributed by atoms with Crippen molar-refractivity contribution in [2.45, 2.75) is 82.4 Å². The van der Waals surface area contributed by atoms with E-state index < -0.39 is 0 Å². The second kappa shape index (κ2) is 7.51. The summed E-state index contributed by atoms with van der Waals surface area (Å²) in [4.78, 5) is 19.4. The Balaban J connectivity index is 1.15. The van der Waals surface area contributed by atoms with Gasteiger partial charge in [-0.3, -0.25) is 9.79 Å². The maximum Gasteiger partial charge on any atom is 0.225 e. The van der Waals surface area contributed by atoms with Gasteiger partial charge in [-0.05, 0) is 38.5 Å².